The van der Waals surface area contributed by atoms with Crippen LogP contribution in [0.3, 0.4) is 0 Å². The molecule has 128 valence electrons. The van der Waals surface area contributed by atoms with Crippen LogP contribution in [0.25, 0.3) is 21.3 Å². The summed E-state index contributed by atoms with van der Waals surface area (Å²) in [6, 6.07) is 7.35. The van der Waals surface area contributed by atoms with Gasteiger partial charge in [0.05, 0.1) is 23.6 Å². The molecule has 1 fully saturated rings. The molecule has 3 heterocycles. The highest BCUT2D eigenvalue weighted by atomic mass is 35.5. The Morgan fingerprint density at radius 1 is 1.36 bits per heavy atom. The molecule has 1 aliphatic heterocycles. The summed E-state index contributed by atoms with van der Waals surface area (Å²) in [5.41, 5.74) is -0.356. The summed E-state index contributed by atoms with van der Waals surface area (Å²) in [6.07, 6.45) is 1.69. The second-order valence-electron chi connectivity index (χ2n) is 5.69. The Bertz CT molecular complexity index is 958. The molecule has 1 aromatic carbocycles. The fourth-order valence-electron chi connectivity index (χ4n) is 2.57. The molecule has 1 aliphatic rings. The lowest BCUT2D eigenvalue weighted by molar-refractivity contribution is -0.127. The number of benzene rings is 1. The molecule has 4 rings (SSSR count). The molecule has 0 saturated carbocycles. The number of anilines is 1. The van der Waals surface area contributed by atoms with Crippen molar-refractivity contribution in [3.8, 4) is 10.4 Å². The lowest BCUT2D eigenvalue weighted by Gasteiger charge is -2.14. The number of fused-ring (bicyclic) bond motifs is 1. The molecule has 2 aromatic heterocycles. The number of alkyl halides is 1. The molecule has 3 aromatic rings. The smallest absolute Gasteiger partial charge is 0.266 e. The first-order valence-corrected chi connectivity index (χ1v) is 8.70. The van der Waals surface area contributed by atoms with Gasteiger partial charge < -0.3 is 4.74 Å². The third-order valence-corrected chi connectivity index (χ3v) is 5.09. The van der Waals surface area contributed by atoms with E-state index in [4.69, 9.17) is 16.3 Å². The van der Waals surface area contributed by atoms with Crippen LogP contribution in [-0.4, -0.2) is 40.0 Å². The molecule has 9 heteroatoms. The summed E-state index contributed by atoms with van der Waals surface area (Å²) in [6.45, 7) is 0.0269. The van der Waals surface area contributed by atoms with Gasteiger partial charge in [0.2, 0.25) is 5.67 Å². The van der Waals surface area contributed by atoms with Crippen molar-refractivity contribution in [1.29, 1.82) is 0 Å². The number of nitrogens with zero attached hydrogens (tertiary/aromatic N) is 3. The van der Waals surface area contributed by atoms with Crippen LogP contribution in [0.4, 0.5) is 9.52 Å². The Balaban J connectivity index is 1.57. The number of hydrogen-bond acceptors (Lipinski definition) is 6. The molecule has 1 atom stereocenters. The Labute approximate surface area is 151 Å². The first kappa shape index (κ1) is 16.3. The van der Waals surface area contributed by atoms with E-state index < -0.39 is 11.6 Å². The minimum absolute atomic E-state index is 0.0591. The molecule has 0 spiro atoms. The van der Waals surface area contributed by atoms with E-state index in [0.717, 1.165) is 21.3 Å². The quantitative estimate of drug-likeness (QED) is 0.755. The number of carbonyl (C=O) groups is 1. The van der Waals surface area contributed by atoms with Crippen LogP contribution in [0.2, 0.25) is 5.15 Å². The second-order valence-corrected chi connectivity index (χ2v) is 7.11. The number of nitrogens with one attached hydrogen (secondary N) is 1. The summed E-state index contributed by atoms with van der Waals surface area (Å²) in [5.74, 6) is -0.716. The van der Waals surface area contributed by atoms with Crippen molar-refractivity contribution in [2.75, 3.05) is 18.5 Å². The zero-order valence-electron chi connectivity index (χ0n) is 12.8. The van der Waals surface area contributed by atoms with E-state index in [1.54, 1.807) is 12.3 Å². The molecule has 1 unspecified atom stereocenters. The van der Waals surface area contributed by atoms with Crippen LogP contribution in [0.15, 0.2) is 30.5 Å². The highest BCUT2D eigenvalue weighted by molar-refractivity contribution is 7.19. The standard InChI is InChI=1S/C16H12ClFN4O2S/c17-13-6-10-5-9(1-2-11(10)21-22-13)12-7-19-15(25-12)20-14(23)16(18)3-4-24-8-16/h1-2,5-7H,3-4,8H2,(H,19,20,23). The van der Waals surface area contributed by atoms with Gasteiger partial charge in [-0.25, -0.2) is 9.37 Å². The predicted octanol–water partition coefficient (Wildman–Crippen LogP) is 3.47. The summed E-state index contributed by atoms with van der Waals surface area (Å²) in [7, 11) is 0. The second kappa shape index (κ2) is 6.29. The highest BCUT2D eigenvalue weighted by Gasteiger charge is 2.43. The van der Waals surface area contributed by atoms with Crippen molar-refractivity contribution in [2.45, 2.75) is 12.1 Å². The number of amides is 1. The van der Waals surface area contributed by atoms with Gasteiger partial charge in [-0.1, -0.05) is 29.0 Å². The molecule has 1 amide bonds. The van der Waals surface area contributed by atoms with Gasteiger partial charge in [-0.2, -0.15) is 0 Å². The van der Waals surface area contributed by atoms with E-state index in [1.807, 2.05) is 18.2 Å². The maximum absolute atomic E-state index is 14.3. The van der Waals surface area contributed by atoms with E-state index in [9.17, 15) is 9.18 Å². The fraction of sp³-hybridized carbons (Fsp3) is 0.250. The van der Waals surface area contributed by atoms with E-state index in [2.05, 4.69) is 20.5 Å². The Morgan fingerprint density at radius 2 is 2.24 bits per heavy atom. The van der Waals surface area contributed by atoms with Gasteiger partial charge in [-0.15, -0.1) is 10.2 Å². The minimum Gasteiger partial charge on any atom is -0.377 e. The summed E-state index contributed by atoms with van der Waals surface area (Å²) < 4.78 is 19.3. The Kier molecular flexibility index (Phi) is 4.10. The molecule has 25 heavy (non-hydrogen) atoms. The van der Waals surface area contributed by atoms with E-state index in [0.29, 0.717) is 10.3 Å². The highest BCUT2D eigenvalue weighted by Crippen LogP contribution is 2.32. The van der Waals surface area contributed by atoms with Gasteiger partial charge in [0.1, 0.15) is 0 Å². The monoisotopic (exact) mass is 378 g/mol. The summed E-state index contributed by atoms with van der Waals surface area (Å²) in [4.78, 5) is 17.1. The molecular weight excluding hydrogens is 367 g/mol. The molecule has 0 aliphatic carbocycles. The van der Waals surface area contributed by atoms with Gasteiger partial charge in [0.15, 0.2) is 10.3 Å². The first-order valence-electron chi connectivity index (χ1n) is 7.51. The largest absolute Gasteiger partial charge is 0.377 e. The zero-order valence-corrected chi connectivity index (χ0v) is 14.4. The Hall–Kier alpha value is -2.16. The van der Waals surface area contributed by atoms with Gasteiger partial charge in [-0.05, 0) is 23.8 Å². The SMILES string of the molecule is O=C(Nc1ncc(-c2ccc3nnc(Cl)cc3c2)s1)C1(F)CCOC1. The maximum atomic E-state index is 14.3. The normalized spacial score (nSPS) is 20.1. The average molecular weight is 379 g/mol. The topological polar surface area (TPSA) is 77.0 Å². The number of aromatic nitrogens is 3. The minimum atomic E-state index is -1.98. The molecule has 1 saturated heterocycles. The van der Waals surface area contributed by atoms with Crippen LogP contribution in [0.1, 0.15) is 6.42 Å². The van der Waals surface area contributed by atoms with Gasteiger partial charge >= 0.3 is 0 Å². The molecule has 6 nitrogen and oxygen atoms in total. The van der Waals surface area contributed by atoms with Gasteiger partial charge in [0, 0.05) is 18.0 Å². The van der Waals surface area contributed by atoms with Crippen molar-refractivity contribution in [1.82, 2.24) is 15.2 Å². The average Bonchev–Trinajstić information content (AvgIpc) is 3.24. The summed E-state index contributed by atoms with van der Waals surface area (Å²) >= 11 is 7.14. The van der Waals surface area contributed by atoms with Crippen LogP contribution < -0.4 is 5.32 Å². The van der Waals surface area contributed by atoms with Crippen molar-refractivity contribution >= 4 is 44.9 Å². The van der Waals surface area contributed by atoms with Crippen LogP contribution in [0.5, 0.6) is 0 Å². The van der Waals surface area contributed by atoms with Gasteiger partial charge in [0.25, 0.3) is 5.91 Å². The predicted molar refractivity (Wildman–Crippen MR) is 93.6 cm³/mol. The third kappa shape index (κ3) is 3.20. The molecular formula is C16H12ClFN4O2S. The third-order valence-electron chi connectivity index (χ3n) is 3.95. The van der Waals surface area contributed by atoms with Crippen molar-refractivity contribution in [3.63, 3.8) is 0 Å². The van der Waals surface area contributed by atoms with E-state index in [-0.39, 0.29) is 19.6 Å². The maximum Gasteiger partial charge on any atom is 0.266 e. The number of rotatable bonds is 3. The number of halogens is 2. The lowest BCUT2D eigenvalue weighted by atomic mass is 10.1. The zero-order chi connectivity index (χ0) is 17.4. The van der Waals surface area contributed by atoms with Gasteiger partial charge in [-0.3, -0.25) is 10.1 Å². The Morgan fingerprint density at radius 3 is 3.04 bits per heavy atom. The number of ether oxygens (including phenoxy) is 1. The molecule has 1 N–H and O–H groups in total. The molecule has 0 radical (unpaired) electrons. The van der Waals surface area contributed by atoms with E-state index in [1.165, 1.54) is 11.3 Å². The van der Waals surface area contributed by atoms with Crippen molar-refractivity contribution < 1.29 is 13.9 Å². The number of thiazole rings is 1. The fourth-order valence-corrected chi connectivity index (χ4v) is 3.53. The molecule has 0 bridgehead atoms. The van der Waals surface area contributed by atoms with Crippen molar-refractivity contribution in [2.24, 2.45) is 0 Å². The summed E-state index contributed by atoms with van der Waals surface area (Å²) in [5, 5.41) is 11.8. The van der Waals surface area contributed by atoms with E-state index >= 15 is 0 Å². The first-order chi connectivity index (χ1) is 12.0. The van der Waals surface area contributed by atoms with Crippen molar-refractivity contribution in [3.05, 3.63) is 35.6 Å². The lowest BCUT2D eigenvalue weighted by Crippen LogP contribution is -2.39. The number of hydrogen-bond donors (Lipinski definition) is 1. The number of carbonyl (C=O) groups excluding carboxylic acids is 1. The van der Waals surface area contributed by atoms with Crippen LogP contribution in [0, 0.1) is 0 Å². The van der Waals surface area contributed by atoms with Crippen LogP contribution >= 0.6 is 22.9 Å². The van der Waals surface area contributed by atoms with Crippen LogP contribution in [-0.2, 0) is 9.53 Å².